The van der Waals surface area contributed by atoms with Gasteiger partial charge in [-0.05, 0) is 12.8 Å². The van der Waals surface area contributed by atoms with Crippen molar-refractivity contribution in [3.8, 4) is 0 Å². The van der Waals surface area contributed by atoms with Crippen LogP contribution in [0.5, 0.6) is 0 Å². The Hall–Kier alpha value is -2.12. The normalized spacial score (nSPS) is 21.6. The highest BCUT2D eigenvalue weighted by atomic mass is 16.2. The second-order valence-electron chi connectivity index (χ2n) is 5.58. The minimum absolute atomic E-state index is 0.381. The van der Waals surface area contributed by atoms with Crippen LogP contribution in [-0.4, -0.2) is 40.9 Å². The number of hydrogen-bond acceptors (Lipinski definition) is 4. The number of primary amides is 1. The van der Waals surface area contributed by atoms with Gasteiger partial charge in [-0.15, -0.1) is 0 Å². The average Bonchev–Trinajstić information content (AvgIpc) is 2.58. The lowest BCUT2D eigenvalue weighted by molar-refractivity contribution is -0.135. The largest absolute Gasteiger partial charge is 0.351 e. The molecule has 116 valence electrons. The summed E-state index contributed by atoms with van der Waals surface area (Å²) in [5.74, 6) is -1.15. The van der Waals surface area contributed by atoms with Crippen LogP contribution in [0.2, 0.25) is 0 Å². The number of urea groups is 2. The van der Waals surface area contributed by atoms with Crippen LogP contribution in [0.1, 0.15) is 44.9 Å². The Labute approximate surface area is 122 Å². The quantitative estimate of drug-likeness (QED) is 0.631. The molecule has 0 radical (unpaired) electrons. The molecule has 0 atom stereocenters. The fraction of sp³-hybridized carbons (Fsp3) is 0.692. The van der Waals surface area contributed by atoms with E-state index in [0.717, 1.165) is 37.0 Å². The van der Waals surface area contributed by atoms with Gasteiger partial charge in [0, 0.05) is 0 Å². The second kappa shape index (κ2) is 6.11. The number of rotatable bonds is 2. The molecule has 1 aliphatic carbocycles. The van der Waals surface area contributed by atoms with E-state index in [-0.39, 0.29) is 5.91 Å². The fourth-order valence-corrected chi connectivity index (χ4v) is 2.99. The smallest absolute Gasteiger partial charge is 0.325 e. The molecule has 8 heteroatoms. The minimum atomic E-state index is -1.01. The summed E-state index contributed by atoms with van der Waals surface area (Å²) in [5, 5.41) is 4.59. The molecule has 4 N–H and O–H groups in total. The van der Waals surface area contributed by atoms with Gasteiger partial charge in [-0.1, -0.05) is 32.1 Å². The highest BCUT2D eigenvalue weighted by Gasteiger charge is 2.50. The van der Waals surface area contributed by atoms with E-state index in [2.05, 4.69) is 5.32 Å². The van der Waals surface area contributed by atoms with E-state index in [0.29, 0.717) is 12.8 Å². The fourth-order valence-electron chi connectivity index (χ4n) is 2.99. The van der Waals surface area contributed by atoms with E-state index in [1.54, 1.807) is 0 Å². The Morgan fingerprint density at radius 3 is 2.29 bits per heavy atom. The summed E-state index contributed by atoms with van der Waals surface area (Å²) in [6.45, 7) is -0.491. The summed E-state index contributed by atoms with van der Waals surface area (Å²) in [5.41, 5.74) is 3.95. The molecule has 8 nitrogen and oxygen atoms in total. The molecule has 1 aliphatic heterocycles. The maximum atomic E-state index is 12.5. The third-order valence-corrected chi connectivity index (χ3v) is 4.02. The van der Waals surface area contributed by atoms with Crippen molar-refractivity contribution in [1.29, 1.82) is 0 Å². The van der Waals surface area contributed by atoms with Crippen molar-refractivity contribution in [2.45, 2.75) is 50.5 Å². The average molecular weight is 296 g/mol. The standard InChI is InChI=1S/C13H20N4O4/c14-11(20)15-9(18)8-17-10(19)13(16-12(17)21)6-4-2-1-3-5-7-13/h1-8H2,(H,16,21)(H3,14,15,18,20). The van der Waals surface area contributed by atoms with Gasteiger partial charge >= 0.3 is 12.1 Å². The molecule has 0 aromatic rings. The lowest BCUT2D eigenvalue weighted by Crippen LogP contribution is -2.48. The van der Waals surface area contributed by atoms with Gasteiger partial charge in [0.2, 0.25) is 5.91 Å². The molecule has 2 fully saturated rings. The molecule has 1 saturated heterocycles. The van der Waals surface area contributed by atoms with E-state index < -0.39 is 30.1 Å². The molecular formula is C13H20N4O4. The Balaban J connectivity index is 2.07. The van der Waals surface area contributed by atoms with E-state index in [9.17, 15) is 19.2 Å². The predicted octanol–water partition coefficient (Wildman–Crippen LogP) is 0.216. The molecule has 2 rings (SSSR count). The number of hydrogen-bond donors (Lipinski definition) is 3. The highest BCUT2D eigenvalue weighted by molar-refractivity contribution is 6.09. The molecular weight excluding hydrogens is 276 g/mol. The minimum Gasteiger partial charge on any atom is -0.351 e. The van der Waals surface area contributed by atoms with E-state index in [1.165, 1.54) is 0 Å². The van der Waals surface area contributed by atoms with Crippen LogP contribution in [0.15, 0.2) is 0 Å². The van der Waals surface area contributed by atoms with E-state index in [4.69, 9.17) is 5.73 Å². The Morgan fingerprint density at radius 1 is 1.14 bits per heavy atom. The summed E-state index contributed by atoms with van der Waals surface area (Å²) in [7, 11) is 0. The second-order valence-corrected chi connectivity index (χ2v) is 5.58. The predicted molar refractivity (Wildman–Crippen MR) is 73.0 cm³/mol. The maximum absolute atomic E-state index is 12.5. The van der Waals surface area contributed by atoms with Crippen LogP contribution >= 0.6 is 0 Å². The first-order valence-corrected chi connectivity index (χ1v) is 7.18. The molecule has 1 heterocycles. The van der Waals surface area contributed by atoms with Crippen molar-refractivity contribution in [2.75, 3.05) is 6.54 Å². The first-order valence-electron chi connectivity index (χ1n) is 7.18. The van der Waals surface area contributed by atoms with Gasteiger partial charge in [-0.25, -0.2) is 9.59 Å². The molecule has 0 aromatic heterocycles. The number of amides is 6. The molecule has 0 unspecified atom stereocenters. The summed E-state index contributed by atoms with van der Waals surface area (Å²) in [6.07, 6.45) is 6.13. The van der Waals surface area contributed by atoms with Gasteiger partial charge in [0.15, 0.2) is 0 Å². The molecule has 1 saturated carbocycles. The number of carbonyl (C=O) groups is 4. The van der Waals surface area contributed by atoms with Crippen LogP contribution in [0.25, 0.3) is 0 Å². The van der Waals surface area contributed by atoms with Crippen molar-refractivity contribution >= 4 is 23.9 Å². The van der Waals surface area contributed by atoms with Crippen LogP contribution in [0.3, 0.4) is 0 Å². The summed E-state index contributed by atoms with van der Waals surface area (Å²) >= 11 is 0. The molecule has 1 spiro atoms. The van der Waals surface area contributed by atoms with Crippen LogP contribution < -0.4 is 16.4 Å². The molecule has 0 aromatic carbocycles. The zero-order chi connectivity index (χ0) is 15.5. The van der Waals surface area contributed by atoms with Crippen LogP contribution in [0.4, 0.5) is 9.59 Å². The summed E-state index contributed by atoms with van der Waals surface area (Å²) in [6, 6.07) is -1.59. The number of carbonyl (C=O) groups excluding carboxylic acids is 4. The molecule has 6 amide bonds. The number of nitrogens with two attached hydrogens (primary N) is 1. The van der Waals surface area contributed by atoms with Gasteiger partial charge in [0.25, 0.3) is 5.91 Å². The zero-order valence-electron chi connectivity index (χ0n) is 11.8. The van der Waals surface area contributed by atoms with Gasteiger partial charge in [-0.3, -0.25) is 19.8 Å². The van der Waals surface area contributed by atoms with Gasteiger partial charge < -0.3 is 11.1 Å². The van der Waals surface area contributed by atoms with Crippen molar-refractivity contribution in [3.63, 3.8) is 0 Å². The molecule has 21 heavy (non-hydrogen) atoms. The Morgan fingerprint density at radius 2 is 1.71 bits per heavy atom. The number of nitrogens with one attached hydrogen (secondary N) is 2. The van der Waals surface area contributed by atoms with Crippen molar-refractivity contribution in [3.05, 3.63) is 0 Å². The SMILES string of the molecule is NC(=O)NC(=O)CN1C(=O)NC2(CCCCCCC2)C1=O. The summed E-state index contributed by atoms with van der Waals surface area (Å²) in [4.78, 5) is 47.5. The summed E-state index contributed by atoms with van der Waals surface area (Å²) < 4.78 is 0. The Bertz CT molecular complexity index is 469. The first kappa shape index (κ1) is 15.3. The third kappa shape index (κ3) is 3.32. The van der Waals surface area contributed by atoms with Gasteiger partial charge in [0.05, 0.1) is 0 Å². The van der Waals surface area contributed by atoms with Gasteiger partial charge in [0.1, 0.15) is 12.1 Å². The van der Waals surface area contributed by atoms with Crippen molar-refractivity contribution < 1.29 is 19.2 Å². The topological polar surface area (TPSA) is 122 Å². The third-order valence-electron chi connectivity index (χ3n) is 4.02. The Kier molecular flexibility index (Phi) is 4.44. The number of nitrogens with zero attached hydrogens (tertiary/aromatic N) is 1. The van der Waals surface area contributed by atoms with Gasteiger partial charge in [-0.2, -0.15) is 0 Å². The monoisotopic (exact) mass is 296 g/mol. The first-order chi connectivity index (χ1) is 9.94. The molecule has 0 bridgehead atoms. The van der Waals surface area contributed by atoms with Crippen LogP contribution in [-0.2, 0) is 9.59 Å². The van der Waals surface area contributed by atoms with E-state index in [1.807, 2.05) is 5.32 Å². The van der Waals surface area contributed by atoms with Crippen molar-refractivity contribution in [2.24, 2.45) is 5.73 Å². The van der Waals surface area contributed by atoms with E-state index >= 15 is 0 Å². The molecule has 2 aliphatic rings. The zero-order valence-corrected chi connectivity index (χ0v) is 11.8. The highest BCUT2D eigenvalue weighted by Crippen LogP contribution is 2.31. The lowest BCUT2D eigenvalue weighted by atomic mass is 9.84. The van der Waals surface area contributed by atoms with Crippen molar-refractivity contribution in [1.82, 2.24) is 15.5 Å². The van der Waals surface area contributed by atoms with Crippen LogP contribution in [0, 0.1) is 0 Å². The number of imide groups is 2. The lowest BCUT2D eigenvalue weighted by Gasteiger charge is -2.28. The maximum Gasteiger partial charge on any atom is 0.325 e.